The fourth-order valence-corrected chi connectivity index (χ4v) is 5.02. The van der Waals surface area contributed by atoms with Crippen molar-refractivity contribution in [3.05, 3.63) is 65.7 Å². The van der Waals surface area contributed by atoms with Crippen LogP contribution in [0, 0.1) is 0 Å². The first-order chi connectivity index (χ1) is 15.6. The van der Waals surface area contributed by atoms with Gasteiger partial charge in [0.15, 0.2) is 5.76 Å². The maximum atomic E-state index is 12.7. The van der Waals surface area contributed by atoms with Crippen LogP contribution in [-0.4, -0.2) is 65.9 Å². The molecule has 7 nitrogen and oxygen atoms in total. The number of aromatic nitrogens is 2. The standard InChI is InChI=1S/C24H25N5O2S/c1-27(2)15-20-25-22(21-18(16-32-23(21)26-20)17-7-4-3-5-8-17)28-10-12-29(13-11-28)24(30)19-9-6-14-31-19/h3-9,14,16H,10-13,15H2,1-2H3. The maximum absolute atomic E-state index is 12.7. The van der Waals surface area contributed by atoms with E-state index in [1.165, 1.54) is 6.26 Å². The average Bonchev–Trinajstić information content (AvgIpc) is 3.49. The average molecular weight is 448 g/mol. The largest absolute Gasteiger partial charge is 0.459 e. The second kappa shape index (κ2) is 8.72. The van der Waals surface area contributed by atoms with E-state index in [4.69, 9.17) is 14.4 Å². The van der Waals surface area contributed by atoms with Crippen LogP contribution in [0.1, 0.15) is 16.4 Å². The van der Waals surface area contributed by atoms with Crippen LogP contribution >= 0.6 is 11.3 Å². The number of furan rings is 1. The van der Waals surface area contributed by atoms with Crippen molar-refractivity contribution in [2.24, 2.45) is 0 Å². The van der Waals surface area contributed by atoms with Crippen molar-refractivity contribution in [1.82, 2.24) is 19.8 Å². The van der Waals surface area contributed by atoms with Crippen LogP contribution < -0.4 is 4.90 Å². The molecule has 0 N–H and O–H groups in total. The molecule has 1 saturated heterocycles. The molecule has 0 spiro atoms. The summed E-state index contributed by atoms with van der Waals surface area (Å²) in [5, 5.41) is 3.27. The number of carbonyl (C=O) groups excluding carboxylic acids is 1. The molecule has 3 aromatic heterocycles. The number of benzene rings is 1. The highest BCUT2D eigenvalue weighted by Gasteiger charge is 2.27. The van der Waals surface area contributed by atoms with Gasteiger partial charge in [0.05, 0.1) is 18.2 Å². The van der Waals surface area contributed by atoms with Gasteiger partial charge in [-0.2, -0.15) is 0 Å². The second-order valence-electron chi connectivity index (χ2n) is 8.15. The smallest absolute Gasteiger partial charge is 0.289 e. The van der Waals surface area contributed by atoms with Crippen LogP contribution in [0.3, 0.4) is 0 Å². The predicted octanol–water partition coefficient (Wildman–Crippen LogP) is 3.98. The molecule has 0 atom stereocenters. The lowest BCUT2D eigenvalue weighted by molar-refractivity contribution is 0.0714. The van der Waals surface area contributed by atoms with Crippen LogP contribution in [0.2, 0.25) is 0 Å². The van der Waals surface area contributed by atoms with E-state index in [1.807, 2.05) is 25.1 Å². The summed E-state index contributed by atoms with van der Waals surface area (Å²) >= 11 is 1.66. The molecule has 1 amide bonds. The van der Waals surface area contributed by atoms with Crippen molar-refractivity contribution in [3.8, 4) is 11.1 Å². The molecule has 0 radical (unpaired) electrons. The van der Waals surface area contributed by atoms with Crippen LogP contribution in [0.4, 0.5) is 5.82 Å². The van der Waals surface area contributed by atoms with E-state index in [-0.39, 0.29) is 5.91 Å². The van der Waals surface area contributed by atoms with Crippen molar-refractivity contribution in [2.45, 2.75) is 6.54 Å². The number of amides is 1. The Morgan fingerprint density at radius 2 is 1.84 bits per heavy atom. The van der Waals surface area contributed by atoms with E-state index in [0.717, 1.165) is 33.0 Å². The van der Waals surface area contributed by atoms with Gasteiger partial charge in [-0.15, -0.1) is 11.3 Å². The highest BCUT2D eigenvalue weighted by atomic mass is 32.1. The molecule has 0 unspecified atom stereocenters. The van der Waals surface area contributed by atoms with Gasteiger partial charge in [0, 0.05) is 37.1 Å². The Balaban J connectivity index is 1.49. The zero-order chi connectivity index (χ0) is 22.1. The minimum absolute atomic E-state index is 0.0590. The Morgan fingerprint density at radius 1 is 1.06 bits per heavy atom. The topological polar surface area (TPSA) is 65.7 Å². The van der Waals surface area contributed by atoms with Crippen LogP contribution in [0.25, 0.3) is 21.3 Å². The SMILES string of the molecule is CN(C)Cc1nc(N2CCN(C(=O)c3ccco3)CC2)c2c(-c3ccccc3)csc2n1. The molecule has 0 bridgehead atoms. The normalized spacial score (nSPS) is 14.5. The Labute approximate surface area is 190 Å². The number of hydrogen-bond donors (Lipinski definition) is 0. The number of anilines is 1. The summed E-state index contributed by atoms with van der Waals surface area (Å²) in [4.78, 5) is 29.7. The van der Waals surface area contributed by atoms with Crippen LogP contribution in [0.5, 0.6) is 0 Å². The number of nitrogens with zero attached hydrogens (tertiary/aromatic N) is 5. The number of piperazine rings is 1. The summed E-state index contributed by atoms with van der Waals surface area (Å²) in [6.45, 7) is 3.35. The highest BCUT2D eigenvalue weighted by molar-refractivity contribution is 7.17. The van der Waals surface area contributed by atoms with E-state index in [1.54, 1.807) is 23.5 Å². The first-order valence-corrected chi connectivity index (χ1v) is 11.5. The van der Waals surface area contributed by atoms with Gasteiger partial charge in [0.2, 0.25) is 0 Å². The summed E-state index contributed by atoms with van der Waals surface area (Å²) < 4.78 is 5.30. The number of rotatable bonds is 5. The minimum atomic E-state index is -0.0590. The predicted molar refractivity (Wildman–Crippen MR) is 127 cm³/mol. The van der Waals surface area contributed by atoms with E-state index in [2.05, 4.69) is 39.4 Å². The lowest BCUT2D eigenvalue weighted by Gasteiger charge is -2.35. The van der Waals surface area contributed by atoms with Crippen molar-refractivity contribution >= 4 is 33.3 Å². The Morgan fingerprint density at radius 3 is 2.53 bits per heavy atom. The number of thiophene rings is 1. The van der Waals surface area contributed by atoms with E-state index in [9.17, 15) is 4.79 Å². The molecule has 4 heterocycles. The maximum Gasteiger partial charge on any atom is 0.289 e. The Kier molecular flexibility index (Phi) is 5.63. The molecule has 4 aromatic rings. The Hall–Kier alpha value is -3.23. The van der Waals surface area contributed by atoms with Crippen molar-refractivity contribution in [1.29, 1.82) is 0 Å². The van der Waals surface area contributed by atoms with Gasteiger partial charge in [-0.05, 0) is 31.8 Å². The van der Waals surface area contributed by atoms with Gasteiger partial charge in [-0.1, -0.05) is 30.3 Å². The summed E-state index contributed by atoms with van der Waals surface area (Å²) in [7, 11) is 4.05. The van der Waals surface area contributed by atoms with E-state index < -0.39 is 0 Å². The van der Waals surface area contributed by atoms with Crippen molar-refractivity contribution in [3.63, 3.8) is 0 Å². The molecule has 1 fully saturated rings. The number of carbonyl (C=O) groups is 1. The molecular formula is C24H25N5O2S. The summed E-state index contributed by atoms with van der Waals surface area (Å²) in [5.74, 6) is 2.10. The summed E-state index contributed by atoms with van der Waals surface area (Å²) in [6, 6.07) is 13.8. The molecule has 32 heavy (non-hydrogen) atoms. The third-order valence-electron chi connectivity index (χ3n) is 5.60. The zero-order valence-corrected chi connectivity index (χ0v) is 19.0. The molecule has 1 aromatic carbocycles. The number of hydrogen-bond acceptors (Lipinski definition) is 7. The van der Waals surface area contributed by atoms with Crippen molar-refractivity contribution in [2.75, 3.05) is 45.2 Å². The first-order valence-electron chi connectivity index (χ1n) is 10.7. The highest BCUT2D eigenvalue weighted by Crippen LogP contribution is 2.38. The fourth-order valence-electron chi connectivity index (χ4n) is 4.06. The molecule has 0 saturated carbocycles. The van der Waals surface area contributed by atoms with Gasteiger partial charge in [0.1, 0.15) is 16.5 Å². The van der Waals surface area contributed by atoms with Crippen molar-refractivity contribution < 1.29 is 9.21 Å². The van der Waals surface area contributed by atoms with Gasteiger partial charge >= 0.3 is 0 Å². The molecule has 164 valence electrons. The van der Waals surface area contributed by atoms with E-state index >= 15 is 0 Å². The third-order valence-corrected chi connectivity index (χ3v) is 6.47. The third kappa shape index (κ3) is 3.99. The second-order valence-corrected chi connectivity index (χ2v) is 9.01. The Bertz CT molecular complexity index is 1210. The molecule has 1 aliphatic rings. The summed E-state index contributed by atoms with van der Waals surface area (Å²) in [5.41, 5.74) is 2.32. The van der Waals surface area contributed by atoms with Gasteiger partial charge in [0.25, 0.3) is 5.91 Å². The van der Waals surface area contributed by atoms with Crippen LogP contribution in [0.15, 0.2) is 58.5 Å². The van der Waals surface area contributed by atoms with Gasteiger partial charge in [-0.25, -0.2) is 9.97 Å². The van der Waals surface area contributed by atoms with Crippen LogP contribution in [-0.2, 0) is 6.54 Å². The molecule has 5 rings (SSSR count). The zero-order valence-electron chi connectivity index (χ0n) is 18.2. The minimum Gasteiger partial charge on any atom is -0.459 e. The first kappa shape index (κ1) is 20.7. The molecule has 0 aliphatic carbocycles. The quantitative estimate of drug-likeness (QED) is 0.461. The lowest BCUT2D eigenvalue weighted by atomic mass is 10.1. The molecule has 1 aliphatic heterocycles. The van der Waals surface area contributed by atoms with E-state index in [0.29, 0.717) is 38.5 Å². The fraction of sp³-hybridized carbons (Fsp3) is 0.292. The van der Waals surface area contributed by atoms with Gasteiger partial charge in [-0.3, -0.25) is 4.79 Å². The summed E-state index contributed by atoms with van der Waals surface area (Å²) in [6.07, 6.45) is 1.54. The molecule has 8 heteroatoms. The number of fused-ring (bicyclic) bond motifs is 1. The lowest BCUT2D eigenvalue weighted by Crippen LogP contribution is -2.49. The molecular weight excluding hydrogens is 422 g/mol. The monoisotopic (exact) mass is 447 g/mol. The van der Waals surface area contributed by atoms with Gasteiger partial charge < -0.3 is 19.1 Å².